The number of fused-ring (bicyclic) bond motifs is 2. The fraction of sp³-hybridized carbons (Fsp3) is 0.438. The Labute approximate surface area is 255 Å². The first-order valence-electron chi connectivity index (χ1n) is 14.3. The zero-order valence-corrected chi connectivity index (χ0v) is 26.7. The Hall–Kier alpha value is -3.08. The quantitative estimate of drug-likeness (QED) is 0.215. The summed E-state index contributed by atoms with van der Waals surface area (Å²) in [6, 6.07) is 15.8. The summed E-state index contributed by atoms with van der Waals surface area (Å²) in [6.07, 6.45) is 7.39. The third-order valence-electron chi connectivity index (χ3n) is 6.69. The molecule has 0 amide bonds. The maximum absolute atomic E-state index is 12.2. The van der Waals surface area contributed by atoms with E-state index in [1.54, 1.807) is 10.8 Å². The normalized spacial score (nSPS) is 14.9. The molecule has 0 saturated heterocycles. The van der Waals surface area contributed by atoms with E-state index in [0.29, 0.717) is 5.92 Å². The van der Waals surface area contributed by atoms with Gasteiger partial charge in [0.25, 0.3) is 0 Å². The van der Waals surface area contributed by atoms with Gasteiger partial charge in [-0.2, -0.15) is 0 Å². The van der Waals surface area contributed by atoms with Crippen LogP contribution in [0.5, 0.6) is 0 Å². The standard InChI is InChI=1S/C16H19NO2.C13H14BrNO2.C3H7BO2/c1-16(2,3)19-15(18)17-10-9-13-12(11-7-8-11)5-4-6-14(13)17;1-13(2,3)17-12(16)15-8-7-9-10(14)5-4-6-11(9)15;5-4(6)3-1-2-3/h4-6,9-11H,7-8H2,1-3H3;4-8H,1-3H3;3,5-6H,1-2H2. The molecule has 2 aromatic heterocycles. The van der Waals surface area contributed by atoms with Gasteiger partial charge in [-0.25, -0.2) is 9.59 Å². The molecule has 2 aromatic carbocycles. The lowest BCUT2D eigenvalue weighted by molar-refractivity contribution is 0.0533. The minimum Gasteiger partial charge on any atom is -0.443 e. The molecule has 8 nitrogen and oxygen atoms in total. The summed E-state index contributed by atoms with van der Waals surface area (Å²) in [7, 11) is -1.04. The molecule has 0 atom stereocenters. The number of hydrogen-bond donors (Lipinski definition) is 2. The van der Waals surface area contributed by atoms with Gasteiger partial charge < -0.3 is 19.5 Å². The smallest absolute Gasteiger partial charge is 0.443 e. The first-order chi connectivity index (χ1) is 19.6. The van der Waals surface area contributed by atoms with Crippen molar-refractivity contribution in [3.63, 3.8) is 0 Å². The van der Waals surface area contributed by atoms with E-state index in [4.69, 9.17) is 19.5 Å². The lowest BCUT2D eigenvalue weighted by atomic mass is 9.84. The first-order valence-corrected chi connectivity index (χ1v) is 15.1. The number of carbonyl (C=O) groups excluding carboxylic acids is 2. The lowest BCUT2D eigenvalue weighted by Gasteiger charge is -2.19. The van der Waals surface area contributed by atoms with E-state index in [1.165, 1.54) is 28.4 Å². The zero-order chi connectivity index (χ0) is 30.8. The highest BCUT2D eigenvalue weighted by molar-refractivity contribution is 9.10. The van der Waals surface area contributed by atoms with Gasteiger partial charge in [-0.15, -0.1) is 0 Å². The summed E-state index contributed by atoms with van der Waals surface area (Å²) < 4.78 is 14.9. The van der Waals surface area contributed by atoms with E-state index in [-0.39, 0.29) is 18.0 Å². The van der Waals surface area contributed by atoms with Crippen molar-refractivity contribution >= 4 is 57.0 Å². The van der Waals surface area contributed by atoms with Gasteiger partial charge in [-0.05, 0) is 102 Å². The van der Waals surface area contributed by atoms with Crippen molar-refractivity contribution in [1.29, 1.82) is 0 Å². The highest BCUT2D eigenvalue weighted by atomic mass is 79.9. The third kappa shape index (κ3) is 8.49. The molecule has 2 aliphatic carbocycles. The highest BCUT2D eigenvalue weighted by Crippen LogP contribution is 2.43. The van der Waals surface area contributed by atoms with Crippen molar-refractivity contribution in [1.82, 2.24) is 9.13 Å². The van der Waals surface area contributed by atoms with E-state index in [1.807, 2.05) is 90.2 Å². The van der Waals surface area contributed by atoms with Gasteiger partial charge in [0.05, 0.1) is 11.0 Å². The zero-order valence-electron chi connectivity index (χ0n) is 25.1. The Morgan fingerprint density at radius 2 is 1.24 bits per heavy atom. The largest absolute Gasteiger partial charge is 0.454 e. The summed E-state index contributed by atoms with van der Waals surface area (Å²) in [5.41, 5.74) is 2.19. The third-order valence-corrected chi connectivity index (χ3v) is 7.38. The van der Waals surface area contributed by atoms with Crippen LogP contribution in [0.1, 0.15) is 78.7 Å². The molecule has 224 valence electrons. The van der Waals surface area contributed by atoms with Crippen LogP contribution in [0.4, 0.5) is 9.59 Å². The van der Waals surface area contributed by atoms with Gasteiger partial charge in [0.15, 0.2) is 0 Å². The predicted molar refractivity (Wildman–Crippen MR) is 170 cm³/mol. The average Bonchev–Trinajstić information content (AvgIpc) is 3.81. The van der Waals surface area contributed by atoms with Crippen molar-refractivity contribution < 1.29 is 29.1 Å². The summed E-state index contributed by atoms with van der Waals surface area (Å²) in [6.45, 7) is 11.2. The number of hydrogen-bond acceptors (Lipinski definition) is 6. The topological polar surface area (TPSA) is 103 Å². The van der Waals surface area contributed by atoms with Crippen molar-refractivity contribution in [2.45, 2.75) is 90.2 Å². The summed E-state index contributed by atoms with van der Waals surface area (Å²) in [5.74, 6) is 0.892. The molecule has 10 heteroatoms. The second kappa shape index (κ2) is 12.7. The van der Waals surface area contributed by atoms with Gasteiger partial charge in [-0.1, -0.05) is 47.0 Å². The molecule has 0 spiro atoms. The molecule has 2 N–H and O–H groups in total. The minimum absolute atomic E-state index is 0.213. The molecule has 42 heavy (non-hydrogen) atoms. The van der Waals surface area contributed by atoms with Crippen LogP contribution in [0.15, 0.2) is 65.4 Å². The highest BCUT2D eigenvalue weighted by Gasteiger charge is 2.33. The molecule has 2 saturated carbocycles. The second-order valence-electron chi connectivity index (χ2n) is 12.8. The van der Waals surface area contributed by atoms with Gasteiger partial charge in [0, 0.05) is 27.6 Å². The van der Waals surface area contributed by atoms with Crippen molar-refractivity contribution in [3.05, 3.63) is 71.0 Å². The fourth-order valence-electron chi connectivity index (χ4n) is 4.41. The molecular formula is C32H40BBrN2O6. The van der Waals surface area contributed by atoms with Crippen molar-refractivity contribution in [3.8, 4) is 0 Å². The van der Waals surface area contributed by atoms with Crippen LogP contribution in [0.3, 0.4) is 0 Å². The molecule has 0 bridgehead atoms. The van der Waals surface area contributed by atoms with Gasteiger partial charge in [-0.3, -0.25) is 9.13 Å². The first kappa shape index (κ1) is 31.9. The Bertz CT molecular complexity index is 1550. The lowest BCUT2D eigenvalue weighted by Crippen LogP contribution is -2.26. The van der Waals surface area contributed by atoms with E-state index < -0.39 is 18.3 Å². The fourth-order valence-corrected chi connectivity index (χ4v) is 4.89. The Kier molecular flexibility index (Phi) is 9.60. The van der Waals surface area contributed by atoms with Crippen LogP contribution in [-0.4, -0.2) is 49.7 Å². The van der Waals surface area contributed by atoms with Crippen molar-refractivity contribution in [2.75, 3.05) is 0 Å². The number of benzene rings is 2. The molecule has 0 aliphatic heterocycles. The monoisotopic (exact) mass is 638 g/mol. The molecular weight excluding hydrogens is 599 g/mol. The summed E-state index contributed by atoms with van der Waals surface area (Å²) in [5, 5.41) is 18.7. The molecule has 0 unspecified atom stereocenters. The van der Waals surface area contributed by atoms with E-state index in [9.17, 15) is 9.59 Å². The van der Waals surface area contributed by atoms with Crippen LogP contribution in [0, 0.1) is 0 Å². The summed E-state index contributed by atoms with van der Waals surface area (Å²) >= 11 is 3.46. The van der Waals surface area contributed by atoms with Crippen LogP contribution in [0.2, 0.25) is 5.82 Å². The molecule has 2 aliphatic rings. The molecule has 4 aromatic rings. The SMILES string of the molecule is CC(C)(C)OC(=O)n1ccc2c(Br)cccc21.CC(C)(C)OC(=O)n1ccc2c(C3CC3)cccc21.OB(O)C1CC1. The maximum atomic E-state index is 12.2. The van der Waals surface area contributed by atoms with E-state index >= 15 is 0 Å². The van der Waals surface area contributed by atoms with Crippen molar-refractivity contribution in [2.24, 2.45) is 0 Å². The Morgan fingerprint density at radius 1 is 0.762 bits per heavy atom. The van der Waals surface area contributed by atoms with Crippen LogP contribution in [0.25, 0.3) is 21.8 Å². The van der Waals surface area contributed by atoms with E-state index in [2.05, 4.69) is 22.0 Å². The molecule has 2 heterocycles. The second-order valence-corrected chi connectivity index (χ2v) is 13.7. The average molecular weight is 639 g/mol. The van der Waals surface area contributed by atoms with Crippen LogP contribution in [-0.2, 0) is 9.47 Å². The Balaban J connectivity index is 0.000000162. The molecule has 2 fully saturated rings. The predicted octanol–water partition coefficient (Wildman–Crippen LogP) is 8.11. The number of aromatic nitrogens is 2. The number of rotatable bonds is 2. The van der Waals surface area contributed by atoms with Gasteiger partial charge >= 0.3 is 19.3 Å². The molecule has 6 rings (SSSR count). The van der Waals surface area contributed by atoms with Crippen LogP contribution < -0.4 is 0 Å². The summed E-state index contributed by atoms with van der Waals surface area (Å²) in [4.78, 5) is 24.1. The van der Waals surface area contributed by atoms with E-state index in [0.717, 1.165) is 33.7 Å². The number of carbonyl (C=O) groups is 2. The van der Waals surface area contributed by atoms with Crippen LogP contribution >= 0.6 is 15.9 Å². The Morgan fingerprint density at radius 3 is 1.67 bits per heavy atom. The minimum atomic E-state index is -1.04. The molecule has 0 radical (unpaired) electrons. The van der Waals surface area contributed by atoms with Gasteiger partial charge in [0.2, 0.25) is 0 Å². The number of halogens is 1. The number of nitrogens with zero attached hydrogens (tertiary/aromatic N) is 2. The van der Waals surface area contributed by atoms with Gasteiger partial charge in [0.1, 0.15) is 11.2 Å². The number of ether oxygens (including phenoxy) is 2. The maximum Gasteiger partial charge on any atom is 0.454 e.